The Morgan fingerprint density at radius 2 is 2.00 bits per heavy atom. The van der Waals surface area contributed by atoms with E-state index in [-0.39, 0.29) is 17.2 Å². The minimum Gasteiger partial charge on any atom is -0.438 e. The molecule has 0 radical (unpaired) electrons. The van der Waals surface area contributed by atoms with Gasteiger partial charge in [0, 0.05) is 17.3 Å². The van der Waals surface area contributed by atoms with E-state index in [1.54, 1.807) is 36.5 Å². The van der Waals surface area contributed by atoms with E-state index < -0.39 is 0 Å². The van der Waals surface area contributed by atoms with Crippen molar-refractivity contribution in [1.82, 2.24) is 9.97 Å². The maximum Gasteiger partial charge on any atom is 0.267 e. The van der Waals surface area contributed by atoms with E-state index in [2.05, 4.69) is 42.1 Å². The first-order chi connectivity index (χ1) is 13.7. The number of ether oxygens (including phenoxy) is 1. The number of nitriles is 1. The summed E-state index contributed by atoms with van der Waals surface area (Å²) in [5.41, 5.74) is 2.51. The lowest BCUT2D eigenvalue weighted by molar-refractivity contribution is 0.102. The highest BCUT2D eigenvalue weighted by Crippen LogP contribution is 2.31. The van der Waals surface area contributed by atoms with Gasteiger partial charge in [-0.15, -0.1) is 11.3 Å². The van der Waals surface area contributed by atoms with E-state index in [4.69, 9.17) is 10.00 Å². The van der Waals surface area contributed by atoms with Crippen molar-refractivity contribution in [2.24, 2.45) is 0 Å². The van der Waals surface area contributed by atoms with E-state index in [0.29, 0.717) is 21.9 Å². The predicted octanol–water partition coefficient (Wildman–Crippen LogP) is 5.37. The van der Waals surface area contributed by atoms with Gasteiger partial charge in [-0.2, -0.15) is 5.26 Å². The van der Waals surface area contributed by atoms with Gasteiger partial charge >= 0.3 is 0 Å². The normalized spacial score (nSPS) is 11.0. The van der Waals surface area contributed by atoms with Gasteiger partial charge in [-0.05, 0) is 49.7 Å². The van der Waals surface area contributed by atoms with Crippen LogP contribution in [0.5, 0.6) is 11.6 Å². The van der Waals surface area contributed by atoms with Crippen LogP contribution in [0.2, 0.25) is 0 Å². The van der Waals surface area contributed by atoms with Crippen LogP contribution < -0.4 is 10.1 Å². The first-order valence-electron chi connectivity index (χ1n) is 9.12. The molecular weight excluding hydrogens is 384 g/mol. The van der Waals surface area contributed by atoms with Gasteiger partial charge in [0.1, 0.15) is 22.3 Å². The van der Waals surface area contributed by atoms with Gasteiger partial charge in [0.2, 0.25) is 5.88 Å². The second-order valence-corrected chi connectivity index (χ2v) is 8.68. The Morgan fingerprint density at radius 3 is 2.62 bits per heavy atom. The Morgan fingerprint density at radius 1 is 1.24 bits per heavy atom. The summed E-state index contributed by atoms with van der Waals surface area (Å²) in [5, 5.41) is 13.0. The number of nitrogens with zero attached hydrogens (tertiary/aromatic N) is 3. The molecule has 0 unspecified atom stereocenters. The van der Waals surface area contributed by atoms with Gasteiger partial charge in [-0.3, -0.25) is 4.79 Å². The van der Waals surface area contributed by atoms with Crippen LogP contribution in [0.4, 0.5) is 5.69 Å². The molecule has 2 heterocycles. The lowest BCUT2D eigenvalue weighted by atomic mass is 9.98. The molecule has 0 saturated carbocycles. The summed E-state index contributed by atoms with van der Waals surface area (Å²) in [7, 11) is 0. The molecule has 1 amide bonds. The molecule has 1 aromatic carbocycles. The van der Waals surface area contributed by atoms with E-state index in [9.17, 15) is 4.79 Å². The fourth-order valence-electron chi connectivity index (χ4n) is 2.62. The van der Waals surface area contributed by atoms with Crippen molar-refractivity contribution < 1.29 is 9.53 Å². The maximum atomic E-state index is 12.8. The van der Waals surface area contributed by atoms with Crippen molar-refractivity contribution >= 4 is 22.9 Å². The standard InChI is InChI=1S/C22H22N4O2S/c1-13-11-16(28-20-15(12-23)7-6-10-24-20)8-9-17(13)26-19(27)18-14(2)25-21(29-18)22(3,4)5/h6-11H,1-5H3,(H,26,27). The molecule has 29 heavy (non-hydrogen) atoms. The van der Waals surface area contributed by atoms with Crippen LogP contribution in [0.25, 0.3) is 0 Å². The van der Waals surface area contributed by atoms with Crippen molar-refractivity contribution in [3.63, 3.8) is 0 Å². The van der Waals surface area contributed by atoms with Crippen molar-refractivity contribution in [3.8, 4) is 17.7 Å². The third kappa shape index (κ3) is 4.61. The quantitative estimate of drug-likeness (QED) is 0.629. The molecule has 1 N–H and O–H groups in total. The topological polar surface area (TPSA) is 87.9 Å². The monoisotopic (exact) mass is 406 g/mol. The minimum atomic E-state index is -0.177. The van der Waals surface area contributed by atoms with Crippen molar-refractivity contribution in [2.75, 3.05) is 5.32 Å². The van der Waals surface area contributed by atoms with Crippen LogP contribution in [0.15, 0.2) is 36.5 Å². The van der Waals surface area contributed by atoms with Crippen LogP contribution in [-0.2, 0) is 5.41 Å². The number of aryl methyl sites for hydroxylation is 2. The Kier molecular flexibility index (Phi) is 5.66. The maximum absolute atomic E-state index is 12.8. The molecule has 6 nitrogen and oxygen atoms in total. The zero-order chi connectivity index (χ0) is 21.2. The number of carbonyl (C=O) groups excluding carboxylic acids is 1. The van der Waals surface area contributed by atoms with Gasteiger partial charge in [-0.1, -0.05) is 20.8 Å². The fraction of sp³-hybridized carbons (Fsp3) is 0.273. The molecule has 2 aromatic heterocycles. The van der Waals surface area contributed by atoms with Gasteiger partial charge in [0.05, 0.1) is 10.7 Å². The van der Waals surface area contributed by atoms with Gasteiger partial charge < -0.3 is 10.1 Å². The van der Waals surface area contributed by atoms with Gasteiger partial charge in [0.25, 0.3) is 5.91 Å². The van der Waals surface area contributed by atoms with Crippen LogP contribution in [-0.4, -0.2) is 15.9 Å². The Bertz CT molecular complexity index is 1110. The number of aromatic nitrogens is 2. The summed E-state index contributed by atoms with van der Waals surface area (Å²) in [6.45, 7) is 9.97. The molecule has 3 aromatic rings. The lowest BCUT2D eigenvalue weighted by Gasteiger charge is -2.13. The first kappa shape index (κ1) is 20.5. The van der Waals surface area contributed by atoms with E-state index >= 15 is 0 Å². The molecule has 0 aliphatic heterocycles. The van der Waals surface area contributed by atoms with Crippen molar-refractivity contribution in [1.29, 1.82) is 5.26 Å². The highest BCUT2D eigenvalue weighted by atomic mass is 32.1. The molecule has 0 aliphatic carbocycles. The lowest BCUT2D eigenvalue weighted by Crippen LogP contribution is -2.12. The highest BCUT2D eigenvalue weighted by molar-refractivity contribution is 7.14. The second kappa shape index (κ2) is 8.02. The molecule has 7 heteroatoms. The molecule has 0 saturated heterocycles. The molecule has 0 spiro atoms. The van der Waals surface area contributed by atoms with Crippen LogP contribution in [0.3, 0.4) is 0 Å². The highest BCUT2D eigenvalue weighted by Gasteiger charge is 2.23. The molecule has 0 fully saturated rings. The molecule has 0 bridgehead atoms. The SMILES string of the molecule is Cc1cc(Oc2ncccc2C#N)ccc1NC(=O)c1sc(C(C)(C)C)nc1C. The fourth-order valence-corrected chi connectivity index (χ4v) is 3.63. The number of anilines is 1. The molecule has 3 rings (SSSR count). The number of thiazole rings is 1. The van der Waals surface area contributed by atoms with Gasteiger partial charge in [0.15, 0.2) is 0 Å². The predicted molar refractivity (Wildman–Crippen MR) is 114 cm³/mol. The largest absolute Gasteiger partial charge is 0.438 e. The summed E-state index contributed by atoms with van der Waals surface area (Å²) in [6.07, 6.45) is 1.57. The molecule has 148 valence electrons. The minimum absolute atomic E-state index is 0.101. The summed E-state index contributed by atoms with van der Waals surface area (Å²) in [6, 6.07) is 10.7. The van der Waals surface area contributed by atoms with Crippen LogP contribution >= 0.6 is 11.3 Å². The van der Waals surface area contributed by atoms with Crippen molar-refractivity contribution in [3.05, 3.63) is 63.2 Å². The summed E-state index contributed by atoms with van der Waals surface area (Å²) >= 11 is 1.42. The van der Waals surface area contributed by atoms with E-state index in [0.717, 1.165) is 16.3 Å². The Balaban J connectivity index is 1.78. The van der Waals surface area contributed by atoms with E-state index in [1.807, 2.05) is 13.8 Å². The molecule has 0 atom stereocenters. The average molecular weight is 407 g/mol. The average Bonchev–Trinajstić information content (AvgIpc) is 3.06. The van der Waals surface area contributed by atoms with E-state index in [1.165, 1.54) is 11.3 Å². The van der Waals surface area contributed by atoms with Gasteiger partial charge in [-0.25, -0.2) is 9.97 Å². The molecular formula is C22H22N4O2S. The number of pyridine rings is 1. The van der Waals surface area contributed by atoms with Crippen molar-refractivity contribution in [2.45, 2.75) is 40.0 Å². The van der Waals surface area contributed by atoms with Crippen LogP contribution in [0, 0.1) is 25.2 Å². The number of hydrogen-bond donors (Lipinski definition) is 1. The summed E-state index contributed by atoms with van der Waals surface area (Å²) in [4.78, 5) is 22.0. The second-order valence-electron chi connectivity index (χ2n) is 7.68. The number of benzene rings is 1. The Labute approximate surface area is 174 Å². The number of hydrogen-bond acceptors (Lipinski definition) is 6. The zero-order valence-corrected chi connectivity index (χ0v) is 17.8. The summed E-state index contributed by atoms with van der Waals surface area (Å²) < 4.78 is 5.73. The number of rotatable bonds is 4. The first-order valence-corrected chi connectivity index (χ1v) is 9.93. The van der Waals surface area contributed by atoms with Crippen LogP contribution in [0.1, 0.15) is 52.3 Å². The molecule has 0 aliphatic rings. The number of carbonyl (C=O) groups is 1. The third-order valence-electron chi connectivity index (χ3n) is 4.20. The summed E-state index contributed by atoms with van der Waals surface area (Å²) in [5.74, 6) is 0.615. The smallest absolute Gasteiger partial charge is 0.267 e. The number of nitrogens with one attached hydrogen (secondary N) is 1. The number of amides is 1. The third-order valence-corrected chi connectivity index (χ3v) is 5.78. The zero-order valence-electron chi connectivity index (χ0n) is 17.0. The Hall–Kier alpha value is -3.24.